The summed E-state index contributed by atoms with van der Waals surface area (Å²) < 4.78 is 0. The predicted molar refractivity (Wildman–Crippen MR) is 46.2 cm³/mol. The van der Waals surface area contributed by atoms with Crippen LogP contribution >= 0.6 is 0 Å². The fourth-order valence-corrected chi connectivity index (χ4v) is 1.77. The van der Waals surface area contributed by atoms with E-state index in [1.165, 1.54) is 64.2 Å². The van der Waals surface area contributed by atoms with Gasteiger partial charge in [-0.1, -0.05) is 64.2 Å². The second-order valence-corrected chi connectivity index (χ2v) is 3.54. The summed E-state index contributed by atoms with van der Waals surface area (Å²) in [5.74, 6) is 0. The van der Waals surface area contributed by atoms with Crippen molar-refractivity contribution in [3.63, 3.8) is 0 Å². The summed E-state index contributed by atoms with van der Waals surface area (Å²) in [7, 11) is 0. The van der Waals surface area contributed by atoms with Crippen molar-refractivity contribution in [1.29, 1.82) is 0 Å². The molecule has 0 unspecified atom stereocenters. The molecule has 2 rings (SSSR count). The van der Waals surface area contributed by atoms with Gasteiger partial charge in [0.15, 0.2) is 0 Å². The molecule has 2 heteroatoms. The molecular weight excluding hydrogens is 237 g/mol. The van der Waals surface area contributed by atoms with Crippen molar-refractivity contribution in [3.05, 3.63) is 0 Å². The molecule has 2 aliphatic carbocycles. The first kappa shape index (κ1) is 15.5. The average Bonchev–Trinajstić information content (AvgIpc) is 2.67. The number of hydrogen-bond donors (Lipinski definition) is 0. The van der Waals surface area contributed by atoms with Crippen molar-refractivity contribution in [1.82, 2.24) is 0 Å². The Bertz CT molecular complexity index is 41.0. The normalized spacial score (nSPS) is 20.0. The van der Waals surface area contributed by atoms with Gasteiger partial charge in [0, 0.05) is 33.0 Å². The van der Waals surface area contributed by atoms with Gasteiger partial charge in [-0.25, -0.2) is 0 Å². The molecule has 0 heterocycles. The topological polar surface area (TPSA) is 0 Å². The molecule has 0 aromatic carbocycles. The standard InChI is InChI=1S/2C5H10.2Ni/c2*1-2-4-5-3-1;;/h2*1-5H2;;. The van der Waals surface area contributed by atoms with Crippen molar-refractivity contribution in [2.75, 3.05) is 0 Å². The molecule has 80 valence electrons. The molecule has 2 fully saturated rings. The molecule has 0 aliphatic heterocycles. The van der Waals surface area contributed by atoms with Gasteiger partial charge >= 0.3 is 0 Å². The van der Waals surface area contributed by atoms with E-state index in [9.17, 15) is 0 Å². The fraction of sp³-hybridized carbons (Fsp3) is 1.00. The molecule has 0 aromatic rings. The maximum Gasteiger partial charge on any atom is 0 e. The van der Waals surface area contributed by atoms with E-state index >= 15 is 0 Å². The van der Waals surface area contributed by atoms with Gasteiger partial charge in [0.25, 0.3) is 0 Å². The quantitative estimate of drug-likeness (QED) is 0.578. The molecule has 2 saturated carbocycles. The maximum atomic E-state index is 1.50. The monoisotopic (exact) mass is 256 g/mol. The van der Waals surface area contributed by atoms with Crippen LogP contribution in [0.4, 0.5) is 0 Å². The van der Waals surface area contributed by atoms with Crippen LogP contribution in [0.1, 0.15) is 64.2 Å². The van der Waals surface area contributed by atoms with E-state index in [4.69, 9.17) is 0 Å². The average molecular weight is 258 g/mol. The Labute approximate surface area is 97.1 Å². The molecule has 0 saturated heterocycles. The van der Waals surface area contributed by atoms with Crippen molar-refractivity contribution in [2.45, 2.75) is 64.2 Å². The molecular formula is C10H20Ni2. The zero-order valence-electron chi connectivity index (χ0n) is 7.70. The molecule has 0 bridgehead atoms. The zero-order chi connectivity index (χ0) is 7.07. The summed E-state index contributed by atoms with van der Waals surface area (Å²) >= 11 is 0. The van der Waals surface area contributed by atoms with Crippen LogP contribution in [0.3, 0.4) is 0 Å². The van der Waals surface area contributed by atoms with Gasteiger partial charge in [0.05, 0.1) is 0 Å². The Kier molecular flexibility index (Phi) is 15.4. The Morgan fingerprint density at radius 1 is 0.250 bits per heavy atom. The predicted octanol–water partition coefficient (Wildman–Crippen LogP) is 3.90. The minimum Gasteiger partial charge on any atom is -0.0533 e. The first-order chi connectivity index (χ1) is 5.00. The van der Waals surface area contributed by atoms with Gasteiger partial charge in [-0.3, -0.25) is 0 Å². The fourth-order valence-electron chi connectivity index (χ4n) is 1.77. The SMILES string of the molecule is C1CCCC1.C1CCCC1.[Ni].[Ni]. The van der Waals surface area contributed by atoms with Gasteiger partial charge in [0.1, 0.15) is 0 Å². The summed E-state index contributed by atoms with van der Waals surface area (Å²) in [6.07, 6.45) is 15.0. The third kappa shape index (κ3) is 9.08. The van der Waals surface area contributed by atoms with Gasteiger partial charge in [-0.2, -0.15) is 0 Å². The molecule has 0 aromatic heterocycles. The van der Waals surface area contributed by atoms with Crippen LogP contribution < -0.4 is 0 Å². The van der Waals surface area contributed by atoms with E-state index in [2.05, 4.69) is 0 Å². The first-order valence-electron chi connectivity index (χ1n) is 5.00. The number of hydrogen-bond acceptors (Lipinski definition) is 0. The molecule has 0 nitrogen and oxygen atoms in total. The summed E-state index contributed by atoms with van der Waals surface area (Å²) in [6, 6.07) is 0. The van der Waals surface area contributed by atoms with E-state index in [1.807, 2.05) is 0 Å². The Morgan fingerprint density at radius 2 is 0.333 bits per heavy atom. The van der Waals surface area contributed by atoms with E-state index in [1.54, 1.807) is 0 Å². The van der Waals surface area contributed by atoms with Crippen LogP contribution in [0, 0.1) is 0 Å². The van der Waals surface area contributed by atoms with Crippen molar-refractivity contribution < 1.29 is 33.0 Å². The van der Waals surface area contributed by atoms with E-state index in [0.29, 0.717) is 0 Å². The third-order valence-corrected chi connectivity index (χ3v) is 2.50. The Hall–Kier alpha value is 0.987. The summed E-state index contributed by atoms with van der Waals surface area (Å²) in [4.78, 5) is 0. The molecule has 0 spiro atoms. The zero-order valence-corrected chi connectivity index (χ0v) is 9.68. The maximum absolute atomic E-state index is 1.50. The second kappa shape index (κ2) is 12.0. The van der Waals surface area contributed by atoms with E-state index < -0.39 is 0 Å². The largest absolute Gasteiger partial charge is 0.0533 e. The molecule has 0 atom stereocenters. The van der Waals surface area contributed by atoms with Crippen LogP contribution in [-0.4, -0.2) is 0 Å². The summed E-state index contributed by atoms with van der Waals surface area (Å²) in [5, 5.41) is 0. The first-order valence-corrected chi connectivity index (χ1v) is 5.00. The van der Waals surface area contributed by atoms with Gasteiger partial charge in [-0.15, -0.1) is 0 Å². The van der Waals surface area contributed by atoms with Gasteiger partial charge in [0.2, 0.25) is 0 Å². The summed E-state index contributed by atoms with van der Waals surface area (Å²) in [5.41, 5.74) is 0. The van der Waals surface area contributed by atoms with Crippen molar-refractivity contribution in [3.8, 4) is 0 Å². The van der Waals surface area contributed by atoms with E-state index in [0.717, 1.165) is 0 Å². The van der Waals surface area contributed by atoms with Crippen molar-refractivity contribution in [2.24, 2.45) is 0 Å². The minimum absolute atomic E-state index is 0. The van der Waals surface area contributed by atoms with Gasteiger partial charge in [-0.05, 0) is 0 Å². The molecule has 0 amide bonds. The minimum atomic E-state index is 0. The third-order valence-electron chi connectivity index (χ3n) is 2.50. The molecule has 12 heavy (non-hydrogen) atoms. The van der Waals surface area contributed by atoms with Crippen LogP contribution in [0.25, 0.3) is 0 Å². The molecule has 0 radical (unpaired) electrons. The van der Waals surface area contributed by atoms with Crippen LogP contribution in [0.5, 0.6) is 0 Å². The Balaban J connectivity index is 0. The molecule has 0 N–H and O–H groups in total. The van der Waals surface area contributed by atoms with Crippen LogP contribution in [0.2, 0.25) is 0 Å². The van der Waals surface area contributed by atoms with Crippen LogP contribution in [0.15, 0.2) is 0 Å². The second-order valence-electron chi connectivity index (χ2n) is 3.54. The molecule has 2 aliphatic rings. The number of rotatable bonds is 0. The smallest absolute Gasteiger partial charge is 0 e. The van der Waals surface area contributed by atoms with Crippen molar-refractivity contribution >= 4 is 0 Å². The summed E-state index contributed by atoms with van der Waals surface area (Å²) in [6.45, 7) is 0. The van der Waals surface area contributed by atoms with Crippen LogP contribution in [-0.2, 0) is 33.0 Å². The van der Waals surface area contributed by atoms with E-state index in [-0.39, 0.29) is 33.0 Å². The Morgan fingerprint density at radius 3 is 0.417 bits per heavy atom. The van der Waals surface area contributed by atoms with Gasteiger partial charge < -0.3 is 0 Å².